The molecule has 3 N–H and O–H groups in total. The third-order valence-electron chi connectivity index (χ3n) is 2.71. The number of pyridine rings is 1. The lowest BCUT2D eigenvalue weighted by Gasteiger charge is -2.13. The Bertz CT molecular complexity index is 395. The normalized spacial score (nSPS) is 24.4. The van der Waals surface area contributed by atoms with Gasteiger partial charge in [-0.3, -0.25) is 4.79 Å². The lowest BCUT2D eigenvalue weighted by Crippen LogP contribution is -2.37. The van der Waals surface area contributed by atoms with Gasteiger partial charge in [0.1, 0.15) is 5.82 Å². The van der Waals surface area contributed by atoms with Crippen molar-refractivity contribution in [2.24, 2.45) is 11.7 Å². The predicted molar refractivity (Wildman–Crippen MR) is 59.9 cm³/mol. The van der Waals surface area contributed by atoms with Crippen LogP contribution in [-0.2, 0) is 9.53 Å². The van der Waals surface area contributed by atoms with E-state index in [2.05, 4.69) is 10.3 Å². The van der Waals surface area contributed by atoms with Crippen molar-refractivity contribution in [3.05, 3.63) is 23.9 Å². The third kappa shape index (κ3) is 2.20. The molecule has 0 radical (unpaired) electrons. The number of hydrogen-bond donors (Lipinski definition) is 2. The van der Waals surface area contributed by atoms with Crippen LogP contribution in [0.15, 0.2) is 18.3 Å². The van der Waals surface area contributed by atoms with Crippen LogP contribution in [0.2, 0.25) is 0 Å². The lowest BCUT2D eigenvalue weighted by atomic mass is 10.0. The second-order valence-electron chi connectivity index (χ2n) is 3.97. The number of nitrogens with zero attached hydrogens (tertiary/aromatic N) is 1. The van der Waals surface area contributed by atoms with Crippen molar-refractivity contribution in [1.29, 1.82) is 0 Å². The molecule has 2 atom stereocenters. The maximum atomic E-state index is 11.9. The summed E-state index contributed by atoms with van der Waals surface area (Å²) in [5, 5.41) is 2.77. The molecule has 1 saturated heterocycles. The Morgan fingerprint density at radius 2 is 2.44 bits per heavy atom. The minimum atomic E-state index is -0.276. The zero-order valence-corrected chi connectivity index (χ0v) is 9.14. The van der Waals surface area contributed by atoms with Gasteiger partial charge in [-0.05, 0) is 18.6 Å². The van der Waals surface area contributed by atoms with Crippen LogP contribution in [0.25, 0.3) is 0 Å². The monoisotopic (exact) mass is 221 g/mol. The van der Waals surface area contributed by atoms with Gasteiger partial charge in [-0.15, -0.1) is 0 Å². The number of ether oxygens (including phenoxy) is 1. The predicted octanol–water partition coefficient (Wildman–Crippen LogP) is 0.302. The molecule has 2 heterocycles. The van der Waals surface area contributed by atoms with Crippen molar-refractivity contribution >= 4 is 11.7 Å². The Morgan fingerprint density at radius 1 is 1.62 bits per heavy atom. The molecule has 0 aromatic carbocycles. The number of nitrogens with one attached hydrogen (secondary N) is 1. The molecule has 1 aliphatic heterocycles. The van der Waals surface area contributed by atoms with E-state index in [1.54, 1.807) is 6.20 Å². The van der Waals surface area contributed by atoms with Crippen LogP contribution in [-0.4, -0.2) is 30.1 Å². The number of aromatic nitrogens is 1. The molecule has 2 unspecified atom stereocenters. The van der Waals surface area contributed by atoms with Gasteiger partial charge in [0, 0.05) is 12.2 Å². The Labute approximate surface area is 94.0 Å². The van der Waals surface area contributed by atoms with Crippen LogP contribution in [0.4, 0.5) is 5.82 Å². The molecule has 1 aromatic rings. The van der Waals surface area contributed by atoms with E-state index >= 15 is 0 Å². The molecule has 0 saturated carbocycles. The van der Waals surface area contributed by atoms with Gasteiger partial charge in [-0.1, -0.05) is 6.07 Å². The van der Waals surface area contributed by atoms with E-state index in [-0.39, 0.29) is 17.9 Å². The number of nitrogens with two attached hydrogens (primary N) is 1. The fourth-order valence-corrected chi connectivity index (χ4v) is 1.67. The first kappa shape index (κ1) is 11.0. The van der Waals surface area contributed by atoms with Crippen LogP contribution in [0, 0.1) is 12.8 Å². The highest BCUT2D eigenvalue weighted by molar-refractivity contribution is 5.93. The van der Waals surface area contributed by atoms with Crippen LogP contribution in [0.5, 0.6) is 0 Å². The van der Waals surface area contributed by atoms with Crippen LogP contribution in [0.1, 0.15) is 5.56 Å². The molecule has 1 fully saturated rings. The first-order chi connectivity index (χ1) is 7.68. The van der Waals surface area contributed by atoms with Crippen LogP contribution < -0.4 is 11.1 Å². The molecule has 1 amide bonds. The molecule has 86 valence electrons. The summed E-state index contributed by atoms with van der Waals surface area (Å²) in [6, 6.07) is 3.51. The highest BCUT2D eigenvalue weighted by Gasteiger charge is 2.31. The molecule has 1 aromatic heterocycles. The summed E-state index contributed by atoms with van der Waals surface area (Å²) >= 11 is 0. The highest BCUT2D eigenvalue weighted by atomic mass is 16.5. The molecule has 0 bridgehead atoms. The molecular formula is C11H15N3O2. The number of hydrogen-bond acceptors (Lipinski definition) is 4. The number of rotatable bonds is 2. The summed E-state index contributed by atoms with van der Waals surface area (Å²) in [5.74, 6) is 0.194. The van der Waals surface area contributed by atoms with Gasteiger partial charge in [0.25, 0.3) is 0 Å². The Kier molecular flexibility index (Phi) is 3.17. The van der Waals surface area contributed by atoms with Gasteiger partial charge >= 0.3 is 0 Å². The summed E-state index contributed by atoms with van der Waals surface area (Å²) in [4.78, 5) is 16.0. The number of carbonyl (C=O) groups is 1. The van der Waals surface area contributed by atoms with Crippen molar-refractivity contribution in [3.63, 3.8) is 0 Å². The van der Waals surface area contributed by atoms with Gasteiger partial charge in [-0.25, -0.2) is 4.98 Å². The van der Waals surface area contributed by atoms with Crippen molar-refractivity contribution in [1.82, 2.24) is 4.98 Å². The third-order valence-corrected chi connectivity index (χ3v) is 2.71. The summed E-state index contributed by atoms with van der Waals surface area (Å²) in [5.41, 5.74) is 6.70. The summed E-state index contributed by atoms with van der Waals surface area (Å²) in [6.07, 6.45) is 1.65. The van der Waals surface area contributed by atoms with E-state index in [4.69, 9.17) is 10.5 Å². The molecule has 0 aliphatic carbocycles. The van der Waals surface area contributed by atoms with Crippen molar-refractivity contribution in [2.75, 3.05) is 18.5 Å². The first-order valence-electron chi connectivity index (χ1n) is 5.24. The van der Waals surface area contributed by atoms with E-state index in [1.165, 1.54) is 0 Å². The van der Waals surface area contributed by atoms with Crippen molar-refractivity contribution in [2.45, 2.75) is 13.0 Å². The minimum absolute atomic E-state index is 0.119. The average molecular weight is 221 g/mol. The van der Waals surface area contributed by atoms with Gasteiger partial charge in [-0.2, -0.15) is 0 Å². The van der Waals surface area contributed by atoms with Gasteiger partial charge in [0.15, 0.2) is 0 Å². The van der Waals surface area contributed by atoms with E-state index < -0.39 is 0 Å². The number of aryl methyl sites for hydroxylation is 1. The summed E-state index contributed by atoms with van der Waals surface area (Å²) in [7, 11) is 0. The fourth-order valence-electron chi connectivity index (χ4n) is 1.67. The highest BCUT2D eigenvalue weighted by Crippen LogP contribution is 2.16. The van der Waals surface area contributed by atoms with Gasteiger partial charge in [0.05, 0.1) is 19.1 Å². The van der Waals surface area contributed by atoms with Crippen molar-refractivity contribution in [3.8, 4) is 0 Å². The zero-order chi connectivity index (χ0) is 11.5. The second kappa shape index (κ2) is 4.59. The average Bonchev–Trinajstić information content (AvgIpc) is 2.68. The Hall–Kier alpha value is -1.46. The topological polar surface area (TPSA) is 77.2 Å². The molecule has 16 heavy (non-hydrogen) atoms. The second-order valence-corrected chi connectivity index (χ2v) is 3.97. The molecular weight excluding hydrogens is 206 g/mol. The van der Waals surface area contributed by atoms with Crippen molar-refractivity contribution < 1.29 is 9.53 Å². The molecule has 1 aliphatic rings. The van der Waals surface area contributed by atoms with E-state index in [0.717, 1.165) is 5.56 Å². The molecule has 0 spiro atoms. The quantitative estimate of drug-likeness (QED) is 0.753. The number of anilines is 1. The van der Waals surface area contributed by atoms with Crippen LogP contribution in [0.3, 0.4) is 0 Å². The molecule has 2 rings (SSSR count). The molecule has 5 heteroatoms. The SMILES string of the molecule is Cc1cccnc1NC(=O)C1COCC1N. The largest absolute Gasteiger partial charge is 0.379 e. The van der Waals surface area contributed by atoms with E-state index in [9.17, 15) is 4.79 Å². The standard InChI is InChI=1S/C11H15N3O2/c1-7-3-2-4-13-10(7)14-11(15)8-5-16-6-9(8)12/h2-4,8-9H,5-6,12H2,1H3,(H,13,14,15). The maximum Gasteiger partial charge on any atom is 0.232 e. The van der Waals surface area contributed by atoms with Gasteiger partial charge < -0.3 is 15.8 Å². The maximum absolute atomic E-state index is 11.9. The van der Waals surface area contributed by atoms with Crippen LogP contribution >= 0.6 is 0 Å². The van der Waals surface area contributed by atoms with Gasteiger partial charge in [0.2, 0.25) is 5.91 Å². The van der Waals surface area contributed by atoms with E-state index in [0.29, 0.717) is 19.0 Å². The minimum Gasteiger partial charge on any atom is -0.379 e. The molecule has 5 nitrogen and oxygen atoms in total. The smallest absolute Gasteiger partial charge is 0.232 e. The zero-order valence-electron chi connectivity index (χ0n) is 9.14. The Morgan fingerprint density at radius 3 is 3.06 bits per heavy atom. The number of amides is 1. The van der Waals surface area contributed by atoms with E-state index in [1.807, 2.05) is 19.1 Å². The lowest BCUT2D eigenvalue weighted by molar-refractivity contribution is -0.120. The first-order valence-corrected chi connectivity index (χ1v) is 5.24. The number of carbonyl (C=O) groups excluding carboxylic acids is 1. The summed E-state index contributed by atoms with van der Waals surface area (Å²) < 4.78 is 5.15. The Balaban J connectivity index is 2.05. The summed E-state index contributed by atoms with van der Waals surface area (Å²) in [6.45, 7) is 2.73. The fraction of sp³-hybridized carbons (Fsp3) is 0.455.